The fourth-order valence-electron chi connectivity index (χ4n) is 3.44. The minimum Gasteiger partial charge on any atom is -0.311 e. The van der Waals surface area contributed by atoms with Crippen molar-refractivity contribution in [3.8, 4) is 0 Å². The molecule has 3 nitrogen and oxygen atoms in total. The average molecular weight is 284 g/mol. The van der Waals surface area contributed by atoms with Crippen LogP contribution in [-0.2, 0) is 0 Å². The Kier molecular flexibility index (Phi) is 8.74. The van der Waals surface area contributed by atoms with Crippen molar-refractivity contribution in [1.29, 1.82) is 0 Å². The van der Waals surface area contributed by atoms with Gasteiger partial charge in [0.1, 0.15) is 0 Å². The Morgan fingerprint density at radius 3 is 2.55 bits per heavy atom. The first-order valence-electron chi connectivity index (χ1n) is 8.73. The van der Waals surface area contributed by atoms with Gasteiger partial charge >= 0.3 is 0 Å². The van der Waals surface area contributed by atoms with Gasteiger partial charge < -0.3 is 15.1 Å². The van der Waals surface area contributed by atoms with Gasteiger partial charge in [-0.05, 0) is 78.7 Å². The number of nitrogens with zero attached hydrogens (tertiary/aromatic N) is 2. The maximum absolute atomic E-state index is 3.83. The first kappa shape index (κ1) is 17.9. The molecule has 1 rings (SSSR count). The van der Waals surface area contributed by atoms with Crippen LogP contribution in [0.4, 0.5) is 0 Å². The van der Waals surface area contributed by atoms with Crippen molar-refractivity contribution in [3.63, 3.8) is 0 Å². The third kappa shape index (κ3) is 6.55. The molecule has 1 aliphatic rings. The lowest BCUT2D eigenvalue weighted by atomic mass is 9.91. The van der Waals surface area contributed by atoms with Gasteiger partial charge in [0.2, 0.25) is 0 Å². The van der Waals surface area contributed by atoms with Gasteiger partial charge in [-0.15, -0.1) is 0 Å². The predicted octanol–water partition coefficient (Wildman–Crippen LogP) is 2.82. The van der Waals surface area contributed by atoms with E-state index in [1.165, 1.54) is 58.4 Å². The molecule has 1 aliphatic heterocycles. The van der Waals surface area contributed by atoms with E-state index in [0.29, 0.717) is 12.1 Å². The van der Waals surface area contributed by atoms with Gasteiger partial charge in [0.05, 0.1) is 0 Å². The molecule has 0 amide bonds. The molecular weight excluding hydrogens is 246 g/mol. The van der Waals surface area contributed by atoms with Crippen molar-refractivity contribution in [3.05, 3.63) is 0 Å². The third-order valence-corrected chi connectivity index (χ3v) is 4.92. The second-order valence-corrected chi connectivity index (χ2v) is 6.69. The van der Waals surface area contributed by atoms with Crippen LogP contribution in [0.3, 0.4) is 0 Å². The molecule has 3 heteroatoms. The molecule has 0 aliphatic carbocycles. The summed E-state index contributed by atoms with van der Waals surface area (Å²) in [4.78, 5) is 5.00. The Labute approximate surface area is 127 Å². The van der Waals surface area contributed by atoms with Crippen molar-refractivity contribution >= 4 is 0 Å². The van der Waals surface area contributed by atoms with Gasteiger partial charge in [-0.25, -0.2) is 0 Å². The van der Waals surface area contributed by atoms with E-state index < -0.39 is 0 Å². The molecule has 1 N–H and O–H groups in total. The highest BCUT2D eigenvalue weighted by atomic mass is 15.1. The molecule has 0 aromatic heterocycles. The first-order valence-corrected chi connectivity index (χ1v) is 8.73. The molecule has 0 saturated carbocycles. The van der Waals surface area contributed by atoms with Crippen LogP contribution >= 0.6 is 0 Å². The van der Waals surface area contributed by atoms with E-state index in [2.05, 4.69) is 49.9 Å². The van der Waals surface area contributed by atoms with Crippen LogP contribution < -0.4 is 5.32 Å². The third-order valence-electron chi connectivity index (χ3n) is 4.92. The predicted molar refractivity (Wildman–Crippen MR) is 89.3 cm³/mol. The fraction of sp³-hybridized carbons (Fsp3) is 1.00. The standard InChI is InChI=1S/C17H37N3/c1-6-20(7-2)13-8-10-15(3)18-16(4)17-11-9-12-19(5)14-17/h15-18H,6-14H2,1-5H3. The maximum atomic E-state index is 3.83. The van der Waals surface area contributed by atoms with Crippen molar-refractivity contribution in [1.82, 2.24) is 15.1 Å². The van der Waals surface area contributed by atoms with Gasteiger partial charge in [-0.2, -0.15) is 0 Å². The maximum Gasteiger partial charge on any atom is 0.00816 e. The Bertz CT molecular complexity index is 240. The van der Waals surface area contributed by atoms with Gasteiger partial charge in [-0.3, -0.25) is 0 Å². The average Bonchev–Trinajstić information content (AvgIpc) is 2.43. The SMILES string of the molecule is CCN(CC)CCCC(C)NC(C)C1CCCN(C)C1. The summed E-state index contributed by atoms with van der Waals surface area (Å²) < 4.78 is 0. The summed E-state index contributed by atoms with van der Waals surface area (Å²) in [6.07, 6.45) is 5.37. The number of likely N-dealkylation sites (tertiary alicyclic amines) is 1. The number of piperidine rings is 1. The second kappa shape index (κ2) is 9.75. The van der Waals surface area contributed by atoms with E-state index in [4.69, 9.17) is 0 Å². The van der Waals surface area contributed by atoms with E-state index in [1.807, 2.05) is 0 Å². The molecule has 1 saturated heterocycles. The first-order chi connectivity index (χ1) is 9.56. The van der Waals surface area contributed by atoms with E-state index in [9.17, 15) is 0 Å². The minimum atomic E-state index is 0.646. The summed E-state index contributed by atoms with van der Waals surface area (Å²) in [5.41, 5.74) is 0. The monoisotopic (exact) mass is 283 g/mol. The quantitative estimate of drug-likeness (QED) is 0.702. The molecule has 3 atom stereocenters. The summed E-state index contributed by atoms with van der Waals surface area (Å²) >= 11 is 0. The molecule has 0 spiro atoms. The molecule has 20 heavy (non-hydrogen) atoms. The van der Waals surface area contributed by atoms with Gasteiger partial charge in [0.15, 0.2) is 0 Å². The topological polar surface area (TPSA) is 18.5 Å². The lowest BCUT2D eigenvalue weighted by molar-refractivity contribution is 0.172. The van der Waals surface area contributed by atoms with Gasteiger partial charge in [-0.1, -0.05) is 13.8 Å². The van der Waals surface area contributed by atoms with Crippen LogP contribution in [0.15, 0.2) is 0 Å². The van der Waals surface area contributed by atoms with Crippen molar-refractivity contribution < 1.29 is 0 Å². The summed E-state index contributed by atoms with van der Waals surface area (Å²) in [7, 11) is 2.26. The highest BCUT2D eigenvalue weighted by Gasteiger charge is 2.23. The fourth-order valence-corrected chi connectivity index (χ4v) is 3.44. The molecule has 0 radical (unpaired) electrons. The van der Waals surface area contributed by atoms with Crippen LogP contribution in [0.2, 0.25) is 0 Å². The zero-order valence-corrected chi connectivity index (χ0v) is 14.5. The highest BCUT2D eigenvalue weighted by molar-refractivity contribution is 4.80. The summed E-state index contributed by atoms with van der Waals surface area (Å²) in [6, 6.07) is 1.30. The lowest BCUT2D eigenvalue weighted by Gasteiger charge is -2.35. The van der Waals surface area contributed by atoms with E-state index in [0.717, 1.165) is 5.92 Å². The normalized spacial score (nSPS) is 24.0. The van der Waals surface area contributed by atoms with Crippen molar-refractivity contribution in [2.75, 3.05) is 39.8 Å². The van der Waals surface area contributed by atoms with Crippen LogP contribution in [0.5, 0.6) is 0 Å². The van der Waals surface area contributed by atoms with E-state index in [1.54, 1.807) is 0 Å². The Balaban J connectivity index is 2.18. The Morgan fingerprint density at radius 1 is 1.25 bits per heavy atom. The second-order valence-electron chi connectivity index (χ2n) is 6.69. The number of rotatable bonds is 9. The highest BCUT2D eigenvalue weighted by Crippen LogP contribution is 2.19. The van der Waals surface area contributed by atoms with Gasteiger partial charge in [0, 0.05) is 18.6 Å². The number of hydrogen-bond donors (Lipinski definition) is 1. The van der Waals surface area contributed by atoms with E-state index in [-0.39, 0.29) is 0 Å². The molecule has 0 aromatic rings. The van der Waals surface area contributed by atoms with Crippen LogP contribution in [-0.4, -0.2) is 61.7 Å². The van der Waals surface area contributed by atoms with Crippen LogP contribution in [0.25, 0.3) is 0 Å². The smallest absolute Gasteiger partial charge is 0.00816 e. The summed E-state index contributed by atoms with van der Waals surface area (Å²) in [5, 5.41) is 3.83. The van der Waals surface area contributed by atoms with Crippen molar-refractivity contribution in [2.24, 2.45) is 5.92 Å². The minimum absolute atomic E-state index is 0.646. The molecule has 1 heterocycles. The van der Waals surface area contributed by atoms with Gasteiger partial charge in [0.25, 0.3) is 0 Å². The molecule has 3 unspecified atom stereocenters. The van der Waals surface area contributed by atoms with Crippen molar-refractivity contribution in [2.45, 2.75) is 65.5 Å². The van der Waals surface area contributed by atoms with Crippen LogP contribution in [0.1, 0.15) is 53.4 Å². The Morgan fingerprint density at radius 2 is 1.95 bits per heavy atom. The zero-order valence-electron chi connectivity index (χ0n) is 14.5. The molecule has 1 fully saturated rings. The Hall–Kier alpha value is -0.120. The lowest BCUT2D eigenvalue weighted by Crippen LogP contribution is -2.46. The summed E-state index contributed by atoms with van der Waals surface area (Å²) in [5.74, 6) is 0.832. The molecular formula is C17H37N3. The largest absolute Gasteiger partial charge is 0.311 e. The zero-order chi connectivity index (χ0) is 15.0. The summed E-state index contributed by atoms with van der Waals surface area (Å²) in [6.45, 7) is 15.4. The molecule has 0 aromatic carbocycles. The van der Waals surface area contributed by atoms with E-state index >= 15 is 0 Å². The van der Waals surface area contributed by atoms with Crippen LogP contribution in [0, 0.1) is 5.92 Å². The molecule has 120 valence electrons. The number of hydrogen-bond acceptors (Lipinski definition) is 3. The molecule has 0 bridgehead atoms. The number of nitrogens with one attached hydrogen (secondary N) is 1.